The fraction of sp³-hybridized carbons (Fsp3) is 0.917. The molecule has 1 aliphatic heterocycles. The molecule has 1 fully saturated rings. The highest BCUT2D eigenvalue weighted by Crippen LogP contribution is 2.07. The van der Waals surface area contributed by atoms with Crippen LogP contribution in [-0.2, 0) is 4.79 Å². The molecule has 5 heteroatoms. The number of hydrogen-bond acceptors (Lipinski definition) is 4. The molecule has 1 rings (SSSR count). The summed E-state index contributed by atoms with van der Waals surface area (Å²) in [5.41, 5.74) is 0. The SMILES string of the molecule is CNC(CCN1CCN(C(C)C)CC1)C(=O)O. The van der Waals surface area contributed by atoms with Crippen LogP contribution in [-0.4, -0.2) is 72.7 Å². The first kappa shape index (κ1) is 14.4. The Bertz CT molecular complexity index is 238. The number of hydrogen-bond donors (Lipinski definition) is 2. The van der Waals surface area contributed by atoms with Crippen molar-refractivity contribution in [3.8, 4) is 0 Å². The second-order valence-corrected chi connectivity index (χ2v) is 4.94. The fourth-order valence-corrected chi connectivity index (χ4v) is 2.21. The van der Waals surface area contributed by atoms with E-state index in [0.717, 1.165) is 32.7 Å². The number of nitrogens with zero attached hydrogens (tertiary/aromatic N) is 2. The molecule has 0 amide bonds. The van der Waals surface area contributed by atoms with Gasteiger partial charge in [-0.2, -0.15) is 0 Å². The summed E-state index contributed by atoms with van der Waals surface area (Å²) in [5, 5.41) is 11.8. The van der Waals surface area contributed by atoms with Crippen molar-refractivity contribution in [3.05, 3.63) is 0 Å². The Morgan fingerprint density at radius 2 is 1.88 bits per heavy atom. The maximum Gasteiger partial charge on any atom is 0.320 e. The van der Waals surface area contributed by atoms with Crippen LogP contribution in [0, 0.1) is 0 Å². The highest BCUT2D eigenvalue weighted by atomic mass is 16.4. The molecule has 1 unspecified atom stereocenters. The molecule has 0 saturated carbocycles. The van der Waals surface area contributed by atoms with Gasteiger partial charge in [0.2, 0.25) is 0 Å². The monoisotopic (exact) mass is 243 g/mol. The predicted octanol–water partition coefficient (Wildman–Crippen LogP) is 0.0751. The molecule has 0 aromatic heterocycles. The molecule has 1 saturated heterocycles. The normalized spacial score (nSPS) is 20.7. The summed E-state index contributed by atoms with van der Waals surface area (Å²) < 4.78 is 0. The average molecular weight is 243 g/mol. The quantitative estimate of drug-likeness (QED) is 0.692. The summed E-state index contributed by atoms with van der Waals surface area (Å²) in [7, 11) is 1.70. The van der Waals surface area contributed by atoms with Crippen molar-refractivity contribution in [2.45, 2.75) is 32.4 Å². The molecule has 100 valence electrons. The van der Waals surface area contributed by atoms with Crippen LogP contribution in [0.15, 0.2) is 0 Å². The zero-order valence-electron chi connectivity index (χ0n) is 11.1. The number of carbonyl (C=O) groups is 1. The van der Waals surface area contributed by atoms with Crippen molar-refractivity contribution in [1.29, 1.82) is 0 Å². The van der Waals surface area contributed by atoms with E-state index in [1.165, 1.54) is 0 Å². The summed E-state index contributed by atoms with van der Waals surface area (Å²) >= 11 is 0. The van der Waals surface area contributed by atoms with Crippen molar-refractivity contribution in [2.24, 2.45) is 0 Å². The second-order valence-electron chi connectivity index (χ2n) is 4.94. The molecule has 1 atom stereocenters. The van der Waals surface area contributed by atoms with Crippen molar-refractivity contribution in [1.82, 2.24) is 15.1 Å². The number of carboxylic acids is 1. The number of piperazine rings is 1. The van der Waals surface area contributed by atoms with Crippen LogP contribution in [0.25, 0.3) is 0 Å². The van der Waals surface area contributed by atoms with Crippen molar-refractivity contribution >= 4 is 5.97 Å². The van der Waals surface area contributed by atoms with Crippen molar-refractivity contribution in [3.63, 3.8) is 0 Å². The summed E-state index contributed by atoms with van der Waals surface area (Å²) in [6, 6.07) is 0.194. The third-order valence-corrected chi connectivity index (χ3v) is 3.52. The smallest absolute Gasteiger partial charge is 0.320 e. The Hall–Kier alpha value is -0.650. The summed E-state index contributed by atoms with van der Waals surface area (Å²) in [6.45, 7) is 9.59. The Morgan fingerprint density at radius 1 is 1.29 bits per heavy atom. The van der Waals surface area contributed by atoms with Crippen molar-refractivity contribution < 1.29 is 9.90 Å². The standard InChI is InChI=1S/C12H25N3O2/c1-10(2)15-8-6-14(7-9-15)5-4-11(13-3)12(16)17/h10-11,13H,4-9H2,1-3H3,(H,16,17). The van der Waals surface area contributed by atoms with Gasteiger partial charge in [-0.1, -0.05) is 0 Å². The van der Waals surface area contributed by atoms with Crippen LogP contribution < -0.4 is 5.32 Å². The lowest BCUT2D eigenvalue weighted by Gasteiger charge is -2.37. The number of aliphatic carboxylic acids is 1. The van der Waals surface area contributed by atoms with Gasteiger partial charge in [-0.05, 0) is 27.3 Å². The maximum atomic E-state index is 10.9. The Morgan fingerprint density at radius 3 is 2.29 bits per heavy atom. The van der Waals surface area contributed by atoms with Gasteiger partial charge in [0.15, 0.2) is 0 Å². The summed E-state index contributed by atoms with van der Waals surface area (Å²) in [4.78, 5) is 15.7. The highest BCUT2D eigenvalue weighted by Gasteiger charge is 2.21. The molecule has 0 spiro atoms. The van der Waals surface area contributed by atoms with Gasteiger partial charge in [-0.25, -0.2) is 0 Å². The second kappa shape index (κ2) is 6.93. The lowest BCUT2D eigenvalue weighted by molar-refractivity contribution is -0.139. The van der Waals surface area contributed by atoms with Crippen LogP contribution >= 0.6 is 0 Å². The first-order valence-electron chi connectivity index (χ1n) is 6.41. The summed E-state index contributed by atoms with van der Waals surface area (Å²) in [6.07, 6.45) is 0.674. The van der Waals surface area contributed by atoms with Crippen LogP contribution in [0.1, 0.15) is 20.3 Å². The predicted molar refractivity (Wildman–Crippen MR) is 68.2 cm³/mol. The zero-order chi connectivity index (χ0) is 12.8. The van der Waals surface area contributed by atoms with E-state index in [-0.39, 0.29) is 0 Å². The van der Waals surface area contributed by atoms with Crippen LogP contribution in [0.4, 0.5) is 0 Å². The van der Waals surface area contributed by atoms with E-state index in [2.05, 4.69) is 29.0 Å². The first-order valence-corrected chi connectivity index (χ1v) is 6.41. The molecule has 1 aliphatic rings. The van der Waals surface area contributed by atoms with Gasteiger partial charge < -0.3 is 15.3 Å². The van der Waals surface area contributed by atoms with Gasteiger partial charge in [0.1, 0.15) is 6.04 Å². The minimum Gasteiger partial charge on any atom is -0.480 e. The van der Waals surface area contributed by atoms with Crippen LogP contribution in [0.5, 0.6) is 0 Å². The third kappa shape index (κ3) is 4.61. The highest BCUT2D eigenvalue weighted by molar-refractivity contribution is 5.73. The topological polar surface area (TPSA) is 55.8 Å². The van der Waals surface area contributed by atoms with Crippen LogP contribution in [0.2, 0.25) is 0 Å². The van der Waals surface area contributed by atoms with Gasteiger partial charge in [0, 0.05) is 38.8 Å². The molecule has 5 nitrogen and oxygen atoms in total. The molecule has 0 aromatic carbocycles. The minimum absolute atomic E-state index is 0.418. The minimum atomic E-state index is -0.756. The molecular formula is C12H25N3O2. The van der Waals surface area contributed by atoms with Gasteiger partial charge in [-0.3, -0.25) is 9.69 Å². The lowest BCUT2D eigenvalue weighted by Crippen LogP contribution is -2.50. The van der Waals surface area contributed by atoms with Crippen molar-refractivity contribution in [2.75, 3.05) is 39.8 Å². The fourth-order valence-electron chi connectivity index (χ4n) is 2.21. The molecule has 0 radical (unpaired) electrons. The maximum absolute atomic E-state index is 10.9. The first-order chi connectivity index (χ1) is 8.04. The largest absolute Gasteiger partial charge is 0.480 e. The van der Waals surface area contributed by atoms with E-state index in [4.69, 9.17) is 5.11 Å². The molecule has 0 bridgehead atoms. The number of rotatable bonds is 6. The Balaban J connectivity index is 2.24. The van der Waals surface area contributed by atoms with E-state index in [0.29, 0.717) is 12.5 Å². The van der Waals surface area contributed by atoms with Gasteiger partial charge in [0.05, 0.1) is 0 Å². The molecule has 2 N–H and O–H groups in total. The van der Waals surface area contributed by atoms with Gasteiger partial charge in [-0.15, -0.1) is 0 Å². The summed E-state index contributed by atoms with van der Waals surface area (Å²) in [5.74, 6) is -0.756. The van der Waals surface area contributed by atoms with E-state index in [1.807, 2.05) is 0 Å². The average Bonchev–Trinajstić information content (AvgIpc) is 2.30. The van der Waals surface area contributed by atoms with Gasteiger partial charge >= 0.3 is 5.97 Å². The lowest BCUT2D eigenvalue weighted by atomic mass is 10.2. The zero-order valence-corrected chi connectivity index (χ0v) is 11.1. The third-order valence-electron chi connectivity index (χ3n) is 3.52. The number of likely N-dealkylation sites (N-methyl/N-ethyl adjacent to an activating group) is 1. The number of nitrogens with one attached hydrogen (secondary N) is 1. The molecule has 17 heavy (non-hydrogen) atoms. The molecule has 1 heterocycles. The molecular weight excluding hydrogens is 218 g/mol. The molecule has 0 aromatic rings. The van der Waals surface area contributed by atoms with E-state index in [1.54, 1.807) is 7.05 Å². The van der Waals surface area contributed by atoms with Crippen LogP contribution in [0.3, 0.4) is 0 Å². The van der Waals surface area contributed by atoms with E-state index in [9.17, 15) is 4.79 Å². The number of carboxylic acid groups (broad SMARTS) is 1. The Kier molecular flexibility index (Phi) is 5.88. The van der Waals surface area contributed by atoms with Gasteiger partial charge in [0.25, 0.3) is 0 Å². The molecule has 0 aliphatic carbocycles. The Labute approximate surface area is 104 Å². The van der Waals surface area contributed by atoms with E-state index >= 15 is 0 Å². The van der Waals surface area contributed by atoms with E-state index < -0.39 is 12.0 Å².